The lowest BCUT2D eigenvalue weighted by molar-refractivity contribution is 1.14. The third-order valence-electron chi connectivity index (χ3n) is 1.73. The van der Waals surface area contributed by atoms with Crippen LogP contribution in [0.4, 0.5) is 0 Å². The molecule has 0 heterocycles. The van der Waals surface area contributed by atoms with E-state index in [1.807, 2.05) is 6.92 Å². The van der Waals surface area contributed by atoms with Gasteiger partial charge in [-0.05, 0) is 6.54 Å². The first-order valence-corrected chi connectivity index (χ1v) is 6.91. The highest BCUT2D eigenvalue weighted by Gasteiger charge is 1.98. The molecule has 0 saturated heterocycles. The molecule has 0 fully saturated rings. The maximum absolute atomic E-state index is 4.85. The molecule has 0 unspecified atom stereocenters. The summed E-state index contributed by atoms with van der Waals surface area (Å²) in [6, 6.07) is 4.48. The molecule has 64 valence electrons. The first-order valence-electron chi connectivity index (χ1n) is 4.46. The number of hydrogen-bond acceptors (Lipinski definition) is 1. The molecule has 0 amide bonds. The van der Waals surface area contributed by atoms with Gasteiger partial charge in [0, 0.05) is 8.80 Å². The van der Waals surface area contributed by atoms with Gasteiger partial charge in [-0.3, -0.25) is 0 Å². The molecule has 0 spiro atoms. The van der Waals surface area contributed by atoms with Gasteiger partial charge in [0.25, 0.3) is 0 Å². The Balaban J connectivity index is 0. The standard InChI is InChI=1S/C6H16Si.C2H7N/c1-4-7(5-2)6-3;1-2-3/h7H,4-6H2,1-3H3;2-3H2,1H3. The second kappa shape index (κ2) is 11.9. The average Bonchev–Trinajstić information content (AvgIpc) is 1.93. The Bertz CT molecular complexity index is 39.0. The van der Waals surface area contributed by atoms with Crippen molar-refractivity contribution in [1.29, 1.82) is 0 Å². The van der Waals surface area contributed by atoms with E-state index in [9.17, 15) is 0 Å². The second-order valence-corrected chi connectivity index (χ2v) is 6.68. The van der Waals surface area contributed by atoms with Crippen molar-refractivity contribution in [2.45, 2.75) is 45.8 Å². The summed E-state index contributed by atoms with van der Waals surface area (Å²) in [6.45, 7) is 9.62. The zero-order valence-electron chi connectivity index (χ0n) is 7.98. The predicted octanol–water partition coefficient (Wildman–Crippen LogP) is 2.24. The zero-order chi connectivity index (χ0) is 8.41. The van der Waals surface area contributed by atoms with Crippen LogP contribution in [-0.2, 0) is 0 Å². The lowest BCUT2D eigenvalue weighted by Crippen LogP contribution is -2.04. The molecule has 0 aliphatic carbocycles. The minimum atomic E-state index is -0.171. The van der Waals surface area contributed by atoms with Gasteiger partial charge in [-0.25, -0.2) is 0 Å². The van der Waals surface area contributed by atoms with Crippen molar-refractivity contribution in [2.75, 3.05) is 6.54 Å². The highest BCUT2D eigenvalue weighted by Crippen LogP contribution is 2.01. The molecule has 0 saturated carbocycles. The first kappa shape index (κ1) is 12.8. The topological polar surface area (TPSA) is 26.0 Å². The van der Waals surface area contributed by atoms with E-state index in [1.54, 1.807) is 0 Å². The number of rotatable bonds is 3. The molecule has 10 heavy (non-hydrogen) atoms. The molecule has 1 nitrogen and oxygen atoms in total. The summed E-state index contributed by atoms with van der Waals surface area (Å²) >= 11 is 0. The molecule has 0 aromatic heterocycles. The van der Waals surface area contributed by atoms with Crippen molar-refractivity contribution in [3.05, 3.63) is 0 Å². The maximum atomic E-state index is 4.85. The fourth-order valence-electron chi connectivity index (χ4n) is 0.866. The predicted molar refractivity (Wildman–Crippen MR) is 53.3 cm³/mol. The fourth-order valence-corrected chi connectivity index (χ4v) is 2.60. The van der Waals surface area contributed by atoms with Crippen molar-refractivity contribution >= 4 is 8.80 Å². The van der Waals surface area contributed by atoms with Crippen LogP contribution in [0.3, 0.4) is 0 Å². The van der Waals surface area contributed by atoms with Crippen molar-refractivity contribution in [3.63, 3.8) is 0 Å². The Kier molecular flexibility index (Phi) is 15.3. The minimum Gasteiger partial charge on any atom is -0.331 e. The Morgan fingerprint density at radius 3 is 1.10 bits per heavy atom. The van der Waals surface area contributed by atoms with Gasteiger partial charge in [0.1, 0.15) is 0 Å². The Labute approximate surface area is 67.6 Å². The summed E-state index contributed by atoms with van der Waals surface area (Å²) in [5.74, 6) is 0. The van der Waals surface area contributed by atoms with Crippen LogP contribution in [0.1, 0.15) is 27.7 Å². The molecule has 0 aromatic carbocycles. The average molecular weight is 161 g/mol. The van der Waals surface area contributed by atoms with Crippen LogP contribution >= 0.6 is 0 Å². The van der Waals surface area contributed by atoms with Crippen molar-refractivity contribution in [1.82, 2.24) is 0 Å². The molecule has 2 N–H and O–H groups in total. The SMILES string of the molecule is CCN.CC[SiH](CC)CC. The third-order valence-corrected chi connectivity index (χ3v) is 5.20. The quantitative estimate of drug-likeness (QED) is 0.631. The summed E-state index contributed by atoms with van der Waals surface area (Å²) < 4.78 is 0. The summed E-state index contributed by atoms with van der Waals surface area (Å²) in [4.78, 5) is 0. The number of nitrogens with two attached hydrogens (primary N) is 1. The molecule has 2 heteroatoms. The van der Waals surface area contributed by atoms with Gasteiger partial charge in [-0.1, -0.05) is 45.8 Å². The van der Waals surface area contributed by atoms with E-state index >= 15 is 0 Å². The van der Waals surface area contributed by atoms with Crippen LogP contribution in [0, 0.1) is 0 Å². The largest absolute Gasteiger partial charge is 0.331 e. The van der Waals surface area contributed by atoms with E-state index in [-0.39, 0.29) is 8.80 Å². The summed E-state index contributed by atoms with van der Waals surface area (Å²) in [5.41, 5.74) is 4.85. The van der Waals surface area contributed by atoms with Crippen LogP contribution in [0.5, 0.6) is 0 Å². The monoisotopic (exact) mass is 161 g/mol. The van der Waals surface area contributed by atoms with Crippen LogP contribution in [0.2, 0.25) is 18.1 Å². The lowest BCUT2D eigenvalue weighted by Gasteiger charge is -2.03. The van der Waals surface area contributed by atoms with Crippen LogP contribution in [0.25, 0.3) is 0 Å². The van der Waals surface area contributed by atoms with Crippen molar-refractivity contribution in [3.8, 4) is 0 Å². The van der Waals surface area contributed by atoms with E-state index in [1.165, 1.54) is 18.1 Å². The van der Waals surface area contributed by atoms with Crippen molar-refractivity contribution < 1.29 is 0 Å². The smallest absolute Gasteiger partial charge is 0.0359 e. The Hall–Kier alpha value is 0.177. The lowest BCUT2D eigenvalue weighted by atomic mass is 10.8. The van der Waals surface area contributed by atoms with E-state index < -0.39 is 0 Å². The first-order chi connectivity index (χ1) is 4.76. The zero-order valence-corrected chi connectivity index (χ0v) is 9.14. The fraction of sp³-hybridized carbons (Fsp3) is 1.00. The van der Waals surface area contributed by atoms with Crippen LogP contribution in [0.15, 0.2) is 0 Å². The van der Waals surface area contributed by atoms with Crippen LogP contribution < -0.4 is 5.73 Å². The second-order valence-electron chi connectivity index (χ2n) is 2.50. The van der Waals surface area contributed by atoms with Gasteiger partial charge < -0.3 is 5.73 Å². The van der Waals surface area contributed by atoms with E-state index in [0.717, 1.165) is 6.54 Å². The molecule has 0 aliphatic rings. The van der Waals surface area contributed by atoms with Gasteiger partial charge in [0.05, 0.1) is 0 Å². The van der Waals surface area contributed by atoms with Crippen LogP contribution in [-0.4, -0.2) is 15.3 Å². The van der Waals surface area contributed by atoms with Gasteiger partial charge >= 0.3 is 0 Å². The highest BCUT2D eigenvalue weighted by atomic mass is 28.3. The summed E-state index contributed by atoms with van der Waals surface area (Å²) in [7, 11) is -0.171. The molecule has 0 atom stereocenters. The molecule has 0 aromatic rings. The third kappa shape index (κ3) is 11.0. The van der Waals surface area contributed by atoms with Gasteiger partial charge in [0.2, 0.25) is 0 Å². The number of hydrogen-bond donors (Lipinski definition) is 1. The van der Waals surface area contributed by atoms with Gasteiger partial charge in [-0.15, -0.1) is 0 Å². The normalized spacial score (nSPS) is 9.00. The van der Waals surface area contributed by atoms with E-state index in [0.29, 0.717) is 0 Å². The summed E-state index contributed by atoms with van der Waals surface area (Å²) in [6.07, 6.45) is 0. The van der Waals surface area contributed by atoms with Gasteiger partial charge in [-0.2, -0.15) is 0 Å². The molecule has 0 radical (unpaired) electrons. The minimum absolute atomic E-state index is 0.171. The Morgan fingerprint density at radius 1 is 0.900 bits per heavy atom. The molecular formula is C8H23NSi. The highest BCUT2D eigenvalue weighted by molar-refractivity contribution is 6.58. The molecule has 0 aliphatic heterocycles. The Morgan fingerprint density at radius 2 is 1.10 bits per heavy atom. The molecule has 0 bridgehead atoms. The van der Waals surface area contributed by atoms with E-state index in [2.05, 4.69) is 20.8 Å². The maximum Gasteiger partial charge on any atom is 0.0359 e. The van der Waals surface area contributed by atoms with Crippen molar-refractivity contribution in [2.24, 2.45) is 5.73 Å². The molecule has 0 rings (SSSR count). The van der Waals surface area contributed by atoms with Gasteiger partial charge in [0.15, 0.2) is 0 Å². The van der Waals surface area contributed by atoms with E-state index in [4.69, 9.17) is 5.73 Å². The molecular weight excluding hydrogens is 138 g/mol. The summed E-state index contributed by atoms with van der Waals surface area (Å²) in [5, 5.41) is 0.